The van der Waals surface area contributed by atoms with Crippen LogP contribution in [0.2, 0.25) is 0 Å². The fraction of sp³-hybridized carbons (Fsp3) is 0.632. The molecule has 1 aromatic carbocycles. The number of carbonyl (C=O) groups is 1. The van der Waals surface area contributed by atoms with Crippen molar-refractivity contribution < 1.29 is 13.9 Å². The Hall–Kier alpha value is -1.62. The van der Waals surface area contributed by atoms with Crippen molar-refractivity contribution in [2.45, 2.75) is 65.1 Å². The Labute approximate surface area is 144 Å². The molecule has 0 unspecified atom stereocenters. The molecule has 1 aliphatic heterocycles. The third-order valence-corrected chi connectivity index (χ3v) is 4.58. The maximum atomic E-state index is 14.2. The van der Waals surface area contributed by atoms with Crippen LogP contribution in [0.1, 0.15) is 51.2 Å². The van der Waals surface area contributed by atoms with Crippen molar-refractivity contribution in [2.75, 3.05) is 13.1 Å². The Morgan fingerprint density at radius 2 is 2.00 bits per heavy atom. The molecule has 1 aromatic rings. The van der Waals surface area contributed by atoms with Gasteiger partial charge in [-0.15, -0.1) is 0 Å². The summed E-state index contributed by atoms with van der Waals surface area (Å²) in [5, 5.41) is 3.27. The maximum Gasteiger partial charge on any atom is 0.410 e. The predicted molar refractivity (Wildman–Crippen MR) is 93.4 cm³/mol. The molecule has 0 aliphatic carbocycles. The van der Waals surface area contributed by atoms with Gasteiger partial charge in [0.1, 0.15) is 12.4 Å². The largest absolute Gasteiger partial charge is 0.444 e. The van der Waals surface area contributed by atoms with Gasteiger partial charge in [-0.05, 0) is 38.3 Å². The van der Waals surface area contributed by atoms with Crippen LogP contribution < -0.4 is 5.32 Å². The standard InChI is InChI=1S/C19H29FN2O2/c1-4-5-6-7-16-8-9-17(18(20)10-16)13-24-19(23)22-14(2)11-21-12-15(22)3/h8-10,14-15,21H,4-7,11-13H2,1-3H3/t14-,15+. The van der Waals surface area contributed by atoms with Crippen molar-refractivity contribution in [1.82, 2.24) is 10.2 Å². The number of carbonyl (C=O) groups excluding carboxylic acids is 1. The molecule has 0 bridgehead atoms. The summed E-state index contributed by atoms with van der Waals surface area (Å²) in [5.41, 5.74) is 1.43. The molecule has 0 radical (unpaired) electrons. The van der Waals surface area contributed by atoms with Crippen LogP contribution >= 0.6 is 0 Å². The monoisotopic (exact) mass is 336 g/mol. The lowest BCUT2D eigenvalue weighted by atomic mass is 10.1. The summed E-state index contributed by atoms with van der Waals surface area (Å²) in [7, 11) is 0. The van der Waals surface area contributed by atoms with Gasteiger partial charge in [-0.2, -0.15) is 0 Å². The first kappa shape index (κ1) is 18.7. The Morgan fingerprint density at radius 3 is 2.62 bits per heavy atom. The first-order valence-electron chi connectivity index (χ1n) is 8.96. The summed E-state index contributed by atoms with van der Waals surface area (Å²) in [6, 6.07) is 5.38. The molecule has 1 aliphatic rings. The molecule has 1 saturated heterocycles. The highest BCUT2D eigenvalue weighted by atomic mass is 19.1. The van der Waals surface area contributed by atoms with E-state index < -0.39 is 0 Å². The Bertz CT molecular complexity index is 540. The van der Waals surface area contributed by atoms with Crippen LogP contribution in [0.3, 0.4) is 0 Å². The van der Waals surface area contributed by atoms with Gasteiger partial charge < -0.3 is 15.0 Å². The second-order valence-electron chi connectivity index (χ2n) is 6.70. The third-order valence-electron chi connectivity index (χ3n) is 4.58. The fourth-order valence-electron chi connectivity index (χ4n) is 3.15. The molecule has 5 heteroatoms. The lowest BCUT2D eigenvalue weighted by molar-refractivity contribution is 0.0558. The summed E-state index contributed by atoms with van der Waals surface area (Å²) in [6.07, 6.45) is 3.90. The molecule has 0 aromatic heterocycles. The quantitative estimate of drug-likeness (QED) is 0.802. The zero-order valence-corrected chi connectivity index (χ0v) is 15.0. The highest BCUT2D eigenvalue weighted by Gasteiger charge is 2.30. The minimum atomic E-state index is -0.372. The van der Waals surface area contributed by atoms with Crippen LogP contribution in [-0.2, 0) is 17.8 Å². The van der Waals surface area contributed by atoms with E-state index in [2.05, 4.69) is 12.2 Å². The number of unbranched alkanes of at least 4 members (excludes halogenated alkanes) is 2. The first-order valence-corrected chi connectivity index (χ1v) is 8.96. The minimum absolute atomic E-state index is 0.0245. The fourth-order valence-corrected chi connectivity index (χ4v) is 3.15. The number of halogens is 1. The van der Waals surface area contributed by atoms with Gasteiger partial charge in [0.2, 0.25) is 0 Å². The van der Waals surface area contributed by atoms with E-state index in [1.807, 2.05) is 19.9 Å². The van der Waals surface area contributed by atoms with Crippen LogP contribution in [-0.4, -0.2) is 36.2 Å². The zero-order chi connectivity index (χ0) is 17.5. The number of nitrogens with zero attached hydrogens (tertiary/aromatic N) is 1. The van der Waals surface area contributed by atoms with Gasteiger partial charge in [-0.3, -0.25) is 0 Å². The van der Waals surface area contributed by atoms with E-state index in [1.165, 1.54) is 0 Å². The van der Waals surface area contributed by atoms with Crippen molar-refractivity contribution in [3.8, 4) is 0 Å². The van der Waals surface area contributed by atoms with Crippen LogP contribution in [0.4, 0.5) is 9.18 Å². The lowest BCUT2D eigenvalue weighted by Crippen LogP contribution is -2.57. The van der Waals surface area contributed by atoms with E-state index in [0.717, 1.165) is 44.3 Å². The summed E-state index contributed by atoms with van der Waals surface area (Å²) >= 11 is 0. The Morgan fingerprint density at radius 1 is 1.29 bits per heavy atom. The summed E-state index contributed by atoms with van der Waals surface area (Å²) < 4.78 is 19.5. The van der Waals surface area contributed by atoms with Gasteiger partial charge in [0.15, 0.2) is 0 Å². The normalized spacial score (nSPS) is 20.9. The van der Waals surface area contributed by atoms with Gasteiger partial charge in [0.05, 0.1) is 0 Å². The smallest absolute Gasteiger partial charge is 0.410 e. The highest BCUT2D eigenvalue weighted by Crippen LogP contribution is 2.16. The van der Waals surface area contributed by atoms with Crippen molar-refractivity contribution >= 4 is 6.09 Å². The number of aryl methyl sites for hydroxylation is 1. The van der Waals surface area contributed by atoms with Crippen molar-refractivity contribution in [1.29, 1.82) is 0 Å². The first-order chi connectivity index (χ1) is 11.5. The average Bonchev–Trinajstić information content (AvgIpc) is 2.54. The Kier molecular flexibility index (Phi) is 7.03. The number of hydrogen-bond acceptors (Lipinski definition) is 3. The third kappa shape index (κ3) is 4.94. The zero-order valence-electron chi connectivity index (χ0n) is 15.0. The molecule has 134 valence electrons. The summed E-state index contributed by atoms with van der Waals surface area (Å²) in [5.74, 6) is -0.293. The van der Waals surface area contributed by atoms with Gasteiger partial charge in [-0.25, -0.2) is 9.18 Å². The molecule has 1 heterocycles. The molecule has 0 spiro atoms. The molecular formula is C19H29FN2O2. The SMILES string of the molecule is CCCCCc1ccc(COC(=O)N2[C@H](C)CNC[C@@H]2C)c(F)c1. The number of hydrogen-bond donors (Lipinski definition) is 1. The lowest BCUT2D eigenvalue weighted by Gasteiger charge is -2.38. The molecule has 24 heavy (non-hydrogen) atoms. The highest BCUT2D eigenvalue weighted by molar-refractivity contribution is 5.68. The van der Waals surface area contributed by atoms with E-state index in [-0.39, 0.29) is 30.6 Å². The average molecular weight is 336 g/mol. The second kappa shape index (κ2) is 9.02. The number of amides is 1. The van der Waals surface area contributed by atoms with Gasteiger partial charge >= 0.3 is 6.09 Å². The molecule has 0 saturated carbocycles. The molecule has 1 fully saturated rings. The molecular weight excluding hydrogens is 307 g/mol. The number of piperazine rings is 1. The van der Waals surface area contributed by atoms with E-state index in [0.29, 0.717) is 5.56 Å². The van der Waals surface area contributed by atoms with Gasteiger partial charge in [-0.1, -0.05) is 31.9 Å². The van der Waals surface area contributed by atoms with Crippen LogP contribution in [0.15, 0.2) is 18.2 Å². The van der Waals surface area contributed by atoms with E-state index in [9.17, 15) is 9.18 Å². The summed E-state index contributed by atoms with van der Waals surface area (Å²) in [6.45, 7) is 7.59. The minimum Gasteiger partial charge on any atom is -0.444 e. The van der Waals surface area contributed by atoms with Crippen LogP contribution in [0.5, 0.6) is 0 Å². The molecule has 4 nitrogen and oxygen atoms in total. The summed E-state index contributed by atoms with van der Waals surface area (Å²) in [4.78, 5) is 14.0. The molecule has 2 atom stereocenters. The van der Waals surface area contributed by atoms with Gasteiger partial charge in [0, 0.05) is 30.7 Å². The van der Waals surface area contributed by atoms with E-state index in [4.69, 9.17) is 4.74 Å². The maximum absolute atomic E-state index is 14.2. The molecule has 1 amide bonds. The van der Waals surface area contributed by atoms with Crippen molar-refractivity contribution in [3.63, 3.8) is 0 Å². The number of ether oxygens (including phenoxy) is 1. The molecule has 1 N–H and O–H groups in total. The second-order valence-corrected chi connectivity index (χ2v) is 6.70. The van der Waals surface area contributed by atoms with Gasteiger partial charge in [0.25, 0.3) is 0 Å². The number of rotatable bonds is 6. The number of benzene rings is 1. The number of nitrogens with one attached hydrogen (secondary N) is 1. The van der Waals surface area contributed by atoms with Crippen LogP contribution in [0.25, 0.3) is 0 Å². The van der Waals surface area contributed by atoms with Crippen molar-refractivity contribution in [2.24, 2.45) is 0 Å². The molecule has 2 rings (SSSR count). The topological polar surface area (TPSA) is 41.6 Å². The van der Waals surface area contributed by atoms with Crippen LogP contribution in [0, 0.1) is 5.82 Å². The van der Waals surface area contributed by atoms with E-state index >= 15 is 0 Å². The predicted octanol–water partition coefficient (Wildman–Crippen LogP) is 3.88. The van der Waals surface area contributed by atoms with E-state index in [1.54, 1.807) is 17.0 Å². The van der Waals surface area contributed by atoms with Crippen molar-refractivity contribution in [3.05, 3.63) is 35.1 Å². The Balaban J connectivity index is 1.90.